The number of hydrogen-bond donors (Lipinski definition) is 0. The molecule has 0 atom stereocenters. The predicted molar refractivity (Wildman–Crippen MR) is 348 cm³/mol. The van der Waals surface area contributed by atoms with Gasteiger partial charge >= 0.3 is 0 Å². The summed E-state index contributed by atoms with van der Waals surface area (Å²) in [7, 11) is 0. The Bertz CT molecular complexity index is 4760. The zero-order valence-electron chi connectivity index (χ0n) is 45.4. The van der Waals surface area contributed by atoms with Crippen molar-refractivity contribution in [2.75, 3.05) is 9.80 Å². The van der Waals surface area contributed by atoms with Crippen molar-refractivity contribution in [3.63, 3.8) is 0 Å². The van der Waals surface area contributed by atoms with Crippen LogP contribution in [0.2, 0.25) is 0 Å². The van der Waals surface area contributed by atoms with E-state index in [0.29, 0.717) is 0 Å². The van der Waals surface area contributed by atoms with E-state index >= 15 is 0 Å². The molecule has 14 aromatic rings. The molecule has 4 aliphatic heterocycles. The van der Waals surface area contributed by atoms with Crippen LogP contribution >= 0.6 is 0 Å². The van der Waals surface area contributed by atoms with Gasteiger partial charge in [0.2, 0.25) is 0 Å². The molecule has 4 aliphatic rings. The standard InChI is InChI=1S/C78H48BN3O2/c1-3-23-49(24-4-1)52-43-45-62-77-74(52)60-33-13-21-41-72(60)83-70-39-19-11-31-58(70)56-29-9-17-37-66(56)81(77)68-47-51(80-64-35-15-7-27-54(64)55-28-8-16-36-65(55)80)48-69-76(68)79(62)63-46-44-53(50-25-5-2-6-26-50)75-61-34-14-22-42-73(61)84-71-40-20-12-32-59(71)57-30-10-18-38-67(57)82(69)78(63)75/h1-48H. The van der Waals surface area contributed by atoms with Gasteiger partial charge in [-0.15, -0.1) is 0 Å². The van der Waals surface area contributed by atoms with Gasteiger partial charge in [0.25, 0.3) is 6.71 Å². The van der Waals surface area contributed by atoms with E-state index < -0.39 is 0 Å². The molecule has 0 aliphatic carbocycles. The summed E-state index contributed by atoms with van der Waals surface area (Å²) in [5.74, 6) is 3.15. The average Bonchev–Trinajstić information content (AvgIpc) is 0.855. The highest BCUT2D eigenvalue weighted by Gasteiger charge is 2.48. The fourth-order valence-electron chi connectivity index (χ4n) is 14.4. The summed E-state index contributed by atoms with van der Waals surface area (Å²) in [6.45, 7) is -0.280. The molecular weight excluding hydrogens is 1020 g/mol. The molecule has 18 rings (SSSR count). The minimum atomic E-state index is -0.280. The molecule has 0 radical (unpaired) electrons. The van der Waals surface area contributed by atoms with Gasteiger partial charge in [0.1, 0.15) is 23.0 Å². The smallest absolute Gasteiger partial charge is 0.252 e. The molecule has 84 heavy (non-hydrogen) atoms. The van der Waals surface area contributed by atoms with Gasteiger partial charge in [-0.3, -0.25) is 0 Å². The van der Waals surface area contributed by atoms with E-state index in [1.807, 2.05) is 0 Å². The van der Waals surface area contributed by atoms with Crippen LogP contribution in [0, 0.1) is 0 Å². The molecule has 0 saturated heterocycles. The molecule has 0 spiro atoms. The minimum Gasteiger partial charge on any atom is -0.456 e. The molecule has 390 valence electrons. The van der Waals surface area contributed by atoms with Crippen molar-refractivity contribution in [1.29, 1.82) is 0 Å². The summed E-state index contributed by atoms with van der Waals surface area (Å²) in [6, 6.07) is 106. The molecule has 0 saturated carbocycles. The number of hydrogen-bond acceptors (Lipinski definition) is 4. The lowest BCUT2D eigenvalue weighted by atomic mass is 9.33. The van der Waals surface area contributed by atoms with E-state index in [1.165, 1.54) is 27.2 Å². The lowest BCUT2D eigenvalue weighted by molar-refractivity contribution is 0.486. The van der Waals surface area contributed by atoms with Crippen LogP contribution in [0.5, 0.6) is 23.0 Å². The second kappa shape index (κ2) is 18.2. The van der Waals surface area contributed by atoms with Gasteiger partial charge in [-0.25, -0.2) is 0 Å². The fourth-order valence-corrected chi connectivity index (χ4v) is 14.4. The van der Waals surface area contributed by atoms with Crippen molar-refractivity contribution < 1.29 is 9.47 Å². The summed E-state index contributed by atoms with van der Waals surface area (Å²) >= 11 is 0. The molecule has 5 heterocycles. The first-order valence-corrected chi connectivity index (χ1v) is 28.9. The summed E-state index contributed by atoms with van der Waals surface area (Å²) in [5.41, 5.74) is 26.2. The van der Waals surface area contributed by atoms with Gasteiger partial charge in [-0.05, 0) is 99.3 Å². The van der Waals surface area contributed by atoms with Crippen molar-refractivity contribution in [1.82, 2.24) is 4.57 Å². The second-order valence-corrected chi connectivity index (χ2v) is 22.2. The Balaban J connectivity index is 1.08. The monoisotopic (exact) mass is 1070 g/mol. The van der Waals surface area contributed by atoms with Crippen molar-refractivity contribution >= 4 is 79.0 Å². The van der Waals surface area contributed by atoms with Crippen LogP contribution in [0.3, 0.4) is 0 Å². The van der Waals surface area contributed by atoms with Crippen LogP contribution in [-0.2, 0) is 0 Å². The number of fused-ring (bicyclic) bond motifs is 19. The fraction of sp³-hybridized carbons (Fsp3) is 0. The highest BCUT2D eigenvalue weighted by atomic mass is 16.5. The van der Waals surface area contributed by atoms with E-state index in [2.05, 4.69) is 306 Å². The lowest BCUT2D eigenvalue weighted by Gasteiger charge is -2.47. The number of nitrogens with zero attached hydrogens (tertiary/aromatic N) is 3. The Hall–Kier alpha value is -11.1. The van der Waals surface area contributed by atoms with Crippen molar-refractivity contribution in [2.24, 2.45) is 0 Å². The van der Waals surface area contributed by atoms with E-state index in [1.54, 1.807) is 0 Å². The number of para-hydroxylation sites is 8. The zero-order valence-corrected chi connectivity index (χ0v) is 45.4. The number of aromatic nitrogens is 1. The first-order valence-electron chi connectivity index (χ1n) is 28.9. The van der Waals surface area contributed by atoms with Gasteiger partial charge in [0.15, 0.2) is 0 Å². The van der Waals surface area contributed by atoms with Crippen LogP contribution in [0.4, 0.5) is 34.1 Å². The van der Waals surface area contributed by atoms with Gasteiger partial charge < -0.3 is 23.8 Å². The second-order valence-electron chi connectivity index (χ2n) is 22.2. The lowest BCUT2D eigenvalue weighted by Crippen LogP contribution is -2.61. The summed E-state index contributed by atoms with van der Waals surface area (Å²) in [6.07, 6.45) is 0. The summed E-state index contributed by atoms with van der Waals surface area (Å²) in [5, 5.41) is 2.40. The van der Waals surface area contributed by atoms with Crippen LogP contribution in [0.25, 0.3) is 94.3 Å². The third-order valence-corrected chi connectivity index (χ3v) is 17.8. The maximum Gasteiger partial charge on any atom is 0.252 e. The molecule has 5 nitrogen and oxygen atoms in total. The van der Waals surface area contributed by atoms with Crippen LogP contribution in [0.1, 0.15) is 0 Å². The van der Waals surface area contributed by atoms with Gasteiger partial charge in [0.05, 0.1) is 39.5 Å². The molecule has 0 N–H and O–H groups in total. The Morgan fingerprint density at radius 1 is 0.274 bits per heavy atom. The zero-order chi connectivity index (χ0) is 55.0. The van der Waals surface area contributed by atoms with E-state index in [9.17, 15) is 0 Å². The molecule has 6 heteroatoms. The molecule has 0 fully saturated rings. The molecule has 0 unspecified atom stereocenters. The van der Waals surface area contributed by atoms with Gasteiger partial charge in [-0.1, -0.05) is 231 Å². The number of ether oxygens (including phenoxy) is 2. The Morgan fingerprint density at radius 2 is 0.631 bits per heavy atom. The van der Waals surface area contributed by atoms with Crippen molar-refractivity contribution in [2.45, 2.75) is 0 Å². The SMILES string of the molecule is c1ccc(-c2ccc3c4c2-c2ccccc2Oc2ccccc2-c2ccccc2N4c2cc(-n4c5ccccc5c5ccccc54)cc4c2B3c2ccc(-c3ccccc3)c3c2N4c2ccccc2-c2ccccc2Oc2ccccc2-3)cc1. The van der Waals surface area contributed by atoms with Crippen LogP contribution < -0.4 is 35.7 Å². The van der Waals surface area contributed by atoms with E-state index in [-0.39, 0.29) is 6.71 Å². The van der Waals surface area contributed by atoms with Crippen molar-refractivity contribution in [3.05, 3.63) is 291 Å². The molecule has 0 amide bonds. The highest BCUT2D eigenvalue weighted by molar-refractivity contribution is 7.00. The Kier molecular flexibility index (Phi) is 10.1. The number of benzene rings is 13. The Labute approximate surface area is 486 Å². The van der Waals surface area contributed by atoms with E-state index in [0.717, 1.165) is 141 Å². The summed E-state index contributed by atoms with van der Waals surface area (Å²) in [4.78, 5) is 5.27. The normalized spacial score (nSPS) is 12.9. The maximum atomic E-state index is 7.31. The molecule has 13 aromatic carbocycles. The number of rotatable bonds is 3. The quantitative estimate of drug-likeness (QED) is 0.165. The first kappa shape index (κ1) is 46.7. The van der Waals surface area contributed by atoms with Crippen LogP contribution in [-0.4, -0.2) is 11.3 Å². The largest absolute Gasteiger partial charge is 0.456 e. The van der Waals surface area contributed by atoms with Gasteiger partial charge in [0, 0.05) is 66.7 Å². The molecular formula is C78H48BN3O2. The third kappa shape index (κ3) is 6.73. The Morgan fingerprint density at radius 3 is 1.08 bits per heavy atom. The van der Waals surface area contributed by atoms with Gasteiger partial charge in [-0.2, -0.15) is 0 Å². The predicted octanol–water partition coefficient (Wildman–Crippen LogP) is 19.1. The maximum absolute atomic E-state index is 7.31. The number of anilines is 6. The van der Waals surface area contributed by atoms with Crippen LogP contribution in [0.15, 0.2) is 291 Å². The highest BCUT2D eigenvalue weighted by Crippen LogP contribution is 2.58. The first-order chi connectivity index (χ1) is 41.7. The third-order valence-electron chi connectivity index (χ3n) is 17.8. The molecule has 0 bridgehead atoms. The minimum absolute atomic E-state index is 0.280. The van der Waals surface area contributed by atoms with E-state index in [4.69, 9.17) is 9.47 Å². The van der Waals surface area contributed by atoms with Crippen molar-refractivity contribution in [3.8, 4) is 95.4 Å². The molecule has 1 aromatic heterocycles. The topological polar surface area (TPSA) is 29.9 Å². The average molecular weight is 1070 g/mol. The summed E-state index contributed by atoms with van der Waals surface area (Å²) < 4.78 is 17.1.